The van der Waals surface area contributed by atoms with E-state index in [1.54, 1.807) is 0 Å². The number of nitrogens with one attached hydrogen (secondary N) is 1. The molecule has 0 aromatic carbocycles. The van der Waals surface area contributed by atoms with Crippen LogP contribution in [0, 0.1) is 6.92 Å². The minimum Gasteiger partial charge on any atom is -0.394 e. The van der Waals surface area contributed by atoms with Gasteiger partial charge in [-0.2, -0.15) is 0 Å². The summed E-state index contributed by atoms with van der Waals surface area (Å²) in [6.07, 6.45) is -0.144. The van der Waals surface area contributed by atoms with Gasteiger partial charge in [-0.3, -0.25) is 0 Å². The first kappa shape index (κ1) is 13.0. The third-order valence-corrected chi connectivity index (χ3v) is 3.08. The fourth-order valence-electron chi connectivity index (χ4n) is 2.07. The summed E-state index contributed by atoms with van der Waals surface area (Å²) in [5.41, 5.74) is 0. The van der Waals surface area contributed by atoms with Crippen LogP contribution in [-0.2, 0) is 4.74 Å². The van der Waals surface area contributed by atoms with Gasteiger partial charge in [0.05, 0.1) is 25.4 Å². The van der Waals surface area contributed by atoms with Crippen LogP contribution < -0.4 is 10.2 Å². The van der Waals surface area contributed by atoms with E-state index in [0.717, 1.165) is 17.5 Å². The van der Waals surface area contributed by atoms with Gasteiger partial charge in [0.1, 0.15) is 17.5 Å². The SMILES string of the molecule is CNc1cc(N2CC(CO)OCC2C)nc(C)n1. The van der Waals surface area contributed by atoms with E-state index >= 15 is 0 Å². The average molecular weight is 252 g/mol. The normalized spacial score (nSPS) is 24.1. The topological polar surface area (TPSA) is 70.5 Å². The molecule has 0 aliphatic carbocycles. The number of aliphatic hydroxyl groups excluding tert-OH is 1. The molecular weight excluding hydrogens is 232 g/mol. The molecule has 1 aromatic heterocycles. The molecule has 2 rings (SSSR count). The fraction of sp³-hybridized carbons (Fsp3) is 0.667. The molecule has 0 spiro atoms. The Kier molecular flexibility index (Phi) is 3.98. The zero-order valence-electron chi connectivity index (χ0n) is 11.1. The average Bonchev–Trinajstić information content (AvgIpc) is 2.38. The van der Waals surface area contributed by atoms with Gasteiger partial charge in [0.2, 0.25) is 0 Å². The number of ether oxygens (including phenoxy) is 1. The minimum atomic E-state index is -0.144. The number of rotatable bonds is 3. The summed E-state index contributed by atoms with van der Waals surface area (Å²) in [7, 11) is 1.84. The lowest BCUT2D eigenvalue weighted by molar-refractivity contribution is -0.0105. The predicted molar refractivity (Wildman–Crippen MR) is 69.9 cm³/mol. The first-order chi connectivity index (χ1) is 8.63. The van der Waals surface area contributed by atoms with Crippen molar-refractivity contribution < 1.29 is 9.84 Å². The number of aliphatic hydroxyl groups is 1. The second kappa shape index (κ2) is 5.49. The Hall–Kier alpha value is -1.40. The number of morpholine rings is 1. The van der Waals surface area contributed by atoms with Crippen LogP contribution in [0.5, 0.6) is 0 Å². The number of nitrogens with zero attached hydrogens (tertiary/aromatic N) is 3. The third-order valence-electron chi connectivity index (χ3n) is 3.08. The van der Waals surface area contributed by atoms with Crippen LogP contribution in [0.15, 0.2) is 6.07 Å². The molecule has 1 saturated heterocycles. The van der Waals surface area contributed by atoms with Gasteiger partial charge in [0, 0.05) is 19.7 Å². The Morgan fingerprint density at radius 1 is 1.56 bits per heavy atom. The highest BCUT2D eigenvalue weighted by atomic mass is 16.5. The highest BCUT2D eigenvalue weighted by molar-refractivity contribution is 5.50. The second-order valence-corrected chi connectivity index (χ2v) is 4.55. The van der Waals surface area contributed by atoms with Gasteiger partial charge < -0.3 is 20.1 Å². The van der Waals surface area contributed by atoms with Crippen LogP contribution in [0.3, 0.4) is 0 Å². The number of anilines is 2. The van der Waals surface area contributed by atoms with Crippen molar-refractivity contribution in [3.05, 3.63) is 11.9 Å². The van der Waals surface area contributed by atoms with Gasteiger partial charge >= 0.3 is 0 Å². The summed E-state index contributed by atoms with van der Waals surface area (Å²) in [4.78, 5) is 10.9. The molecule has 6 heteroatoms. The molecule has 1 aliphatic heterocycles. The van der Waals surface area contributed by atoms with Crippen molar-refractivity contribution in [3.63, 3.8) is 0 Å². The predicted octanol–water partition coefficient (Wildman–Crippen LogP) is 0.413. The van der Waals surface area contributed by atoms with Crippen molar-refractivity contribution in [2.45, 2.75) is 26.0 Å². The Labute approximate surface area is 107 Å². The van der Waals surface area contributed by atoms with E-state index in [4.69, 9.17) is 4.74 Å². The van der Waals surface area contributed by atoms with E-state index in [0.29, 0.717) is 13.2 Å². The maximum Gasteiger partial charge on any atom is 0.134 e. The van der Waals surface area contributed by atoms with E-state index < -0.39 is 0 Å². The largest absolute Gasteiger partial charge is 0.394 e. The molecule has 0 bridgehead atoms. The molecule has 1 fully saturated rings. The quantitative estimate of drug-likeness (QED) is 0.812. The van der Waals surface area contributed by atoms with Crippen molar-refractivity contribution in [2.75, 3.05) is 37.0 Å². The molecule has 1 aromatic rings. The molecule has 2 N–H and O–H groups in total. The van der Waals surface area contributed by atoms with Crippen LogP contribution in [-0.4, -0.2) is 54.0 Å². The van der Waals surface area contributed by atoms with Crippen LogP contribution in [0.25, 0.3) is 0 Å². The maximum absolute atomic E-state index is 9.20. The van der Waals surface area contributed by atoms with Gasteiger partial charge in [-0.05, 0) is 13.8 Å². The summed E-state index contributed by atoms with van der Waals surface area (Å²) in [6.45, 7) is 5.25. The van der Waals surface area contributed by atoms with Crippen molar-refractivity contribution in [1.29, 1.82) is 0 Å². The van der Waals surface area contributed by atoms with Crippen LogP contribution in [0.4, 0.5) is 11.6 Å². The molecule has 0 amide bonds. The lowest BCUT2D eigenvalue weighted by Crippen LogP contribution is -2.50. The third kappa shape index (κ3) is 2.70. The summed E-state index contributed by atoms with van der Waals surface area (Å²) in [5.74, 6) is 2.41. The van der Waals surface area contributed by atoms with Gasteiger partial charge in [0.15, 0.2) is 0 Å². The first-order valence-electron chi connectivity index (χ1n) is 6.16. The lowest BCUT2D eigenvalue weighted by Gasteiger charge is -2.38. The highest BCUT2D eigenvalue weighted by Gasteiger charge is 2.27. The Morgan fingerprint density at radius 2 is 2.33 bits per heavy atom. The summed E-state index contributed by atoms with van der Waals surface area (Å²) in [5, 5.41) is 12.2. The van der Waals surface area contributed by atoms with Crippen molar-refractivity contribution in [2.24, 2.45) is 0 Å². The molecule has 18 heavy (non-hydrogen) atoms. The first-order valence-corrected chi connectivity index (χ1v) is 6.16. The van der Waals surface area contributed by atoms with E-state index in [9.17, 15) is 5.11 Å². The van der Waals surface area contributed by atoms with Gasteiger partial charge in [-0.1, -0.05) is 0 Å². The molecular formula is C12H20N4O2. The lowest BCUT2D eigenvalue weighted by atomic mass is 10.2. The molecule has 2 heterocycles. The van der Waals surface area contributed by atoms with E-state index in [1.165, 1.54) is 0 Å². The molecule has 2 atom stereocenters. The monoisotopic (exact) mass is 252 g/mol. The number of hydrogen-bond acceptors (Lipinski definition) is 6. The highest BCUT2D eigenvalue weighted by Crippen LogP contribution is 2.21. The summed E-state index contributed by atoms with van der Waals surface area (Å²) >= 11 is 0. The Bertz CT molecular complexity index is 413. The molecule has 1 aliphatic rings. The van der Waals surface area contributed by atoms with Gasteiger partial charge in [-0.15, -0.1) is 0 Å². The zero-order chi connectivity index (χ0) is 13.1. The standard InChI is InChI=1S/C12H20N4O2/c1-8-7-18-10(6-17)5-16(8)12-4-11(13-3)14-9(2)15-12/h4,8,10,17H,5-7H2,1-3H3,(H,13,14,15). The number of aromatic nitrogens is 2. The summed E-state index contributed by atoms with van der Waals surface area (Å²) in [6, 6.07) is 2.16. The van der Waals surface area contributed by atoms with Gasteiger partial charge in [-0.25, -0.2) is 9.97 Å². The van der Waals surface area contributed by atoms with Crippen LogP contribution in [0.1, 0.15) is 12.7 Å². The molecule has 100 valence electrons. The smallest absolute Gasteiger partial charge is 0.134 e. The van der Waals surface area contributed by atoms with Gasteiger partial charge in [0.25, 0.3) is 0 Å². The Balaban J connectivity index is 2.25. The molecule has 0 saturated carbocycles. The zero-order valence-corrected chi connectivity index (χ0v) is 11.1. The van der Waals surface area contributed by atoms with Crippen molar-refractivity contribution in [3.8, 4) is 0 Å². The number of hydrogen-bond donors (Lipinski definition) is 2. The maximum atomic E-state index is 9.20. The van der Waals surface area contributed by atoms with Crippen LogP contribution >= 0.6 is 0 Å². The molecule has 6 nitrogen and oxygen atoms in total. The van der Waals surface area contributed by atoms with Crippen molar-refractivity contribution in [1.82, 2.24) is 9.97 Å². The second-order valence-electron chi connectivity index (χ2n) is 4.55. The number of aryl methyl sites for hydroxylation is 1. The van der Waals surface area contributed by atoms with Crippen molar-refractivity contribution >= 4 is 11.6 Å². The van der Waals surface area contributed by atoms with E-state index in [2.05, 4.69) is 27.1 Å². The fourth-order valence-corrected chi connectivity index (χ4v) is 2.07. The molecule has 0 radical (unpaired) electrons. The van der Waals surface area contributed by atoms with Crippen LogP contribution in [0.2, 0.25) is 0 Å². The molecule has 2 unspecified atom stereocenters. The minimum absolute atomic E-state index is 0.0339. The van der Waals surface area contributed by atoms with E-state index in [1.807, 2.05) is 20.0 Å². The van der Waals surface area contributed by atoms with E-state index in [-0.39, 0.29) is 18.8 Å². The summed E-state index contributed by atoms with van der Waals surface area (Å²) < 4.78 is 5.53. The Morgan fingerprint density at radius 3 is 3.00 bits per heavy atom.